The lowest BCUT2D eigenvalue weighted by Gasteiger charge is -2.33. The maximum absolute atomic E-state index is 11.9. The Morgan fingerprint density at radius 1 is 1.50 bits per heavy atom. The molecule has 1 aliphatic carbocycles. The van der Waals surface area contributed by atoms with Gasteiger partial charge in [0.25, 0.3) is 0 Å². The number of fused-ring (bicyclic) bond motifs is 1. The molecule has 3 rings (SSSR count). The van der Waals surface area contributed by atoms with E-state index in [9.17, 15) is 4.79 Å². The molecule has 108 valence electrons. The zero-order valence-electron chi connectivity index (χ0n) is 12.1. The van der Waals surface area contributed by atoms with Crippen LogP contribution in [-0.2, 0) is 6.42 Å². The summed E-state index contributed by atoms with van der Waals surface area (Å²) in [6.45, 7) is 4.69. The minimum atomic E-state index is -0.260. The second kappa shape index (κ2) is 5.09. The summed E-state index contributed by atoms with van der Waals surface area (Å²) in [5, 5.41) is 0. The van der Waals surface area contributed by atoms with Crippen molar-refractivity contribution in [3.63, 3.8) is 0 Å². The van der Waals surface area contributed by atoms with Crippen molar-refractivity contribution in [3.05, 3.63) is 39.1 Å². The van der Waals surface area contributed by atoms with Crippen molar-refractivity contribution in [3.8, 4) is 5.75 Å². The number of hydrogen-bond donors (Lipinski definition) is 1. The zero-order valence-corrected chi connectivity index (χ0v) is 12.1. The maximum atomic E-state index is 11.9. The van der Waals surface area contributed by atoms with E-state index in [4.69, 9.17) is 14.9 Å². The van der Waals surface area contributed by atoms with Crippen LogP contribution in [0.15, 0.2) is 26.6 Å². The van der Waals surface area contributed by atoms with E-state index < -0.39 is 0 Å². The Morgan fingerprint density at radius 3 is 3.05 bits per heavy atom. The molecule has 2 N–H and O–H groups in total. The quantitative estimate of drug-likeness (QED) is 0.900. The highest BCUT2D eigenvalue weighted by atomic mass is 16.5. The van der Waals surface area contributed by atoms with Crippen molar-refractivity contribution < 1.29 is 9.15 Å². The summed E-state index contributed by atoms with van der Waals surface area (Å²) in [7, 11) is 0. The first-order valence-corrected chi connectivity index (χ1v) is 7.31. The minimum Gasteiger partial charge on any atom is -0.461 e. The largest absolute Gasteiger partial charge is 0.461 e. The van der Waals surface area contributed by atoms with Crippen molar-refractivity contribution >= 4 is 0 Å². The molecule has 0 radical (unpaired) electrons. The second-order valence-electron chi connectivity index (χ2n) is 6.01. The van der Waals surface area contributed by atoms with Crippen molar-refractivity contribution in [2.75, 3.05) is 6.54 Å². The first kappa shape index (κ1) is 13.4. The van der Waals surface area contributed by atoms with Gasteiger partial charge in [0.2, 0.25) is 0 Å². The molecule has 2 aliphatic rings. The van der Waals surface area contributed by atoms with Crippen LogP contribution in [-0.4, -0.2) is 6.54 Å². The molecule has 4 nitrogen and oxygen atoms in total. The average molecular weight is 275 g/mol. The first-order valence-electron chi connectivity index (χ1n) is 7.31. The van der Waals surface area contributed by atoms with Crippen LogP contribution in [0.25, 0.3) is 0 Å². The Balaban J connectivity index is 1.88. The number of ether oxygens (including phenoxy) is 1. The zero-order chi connectivity index (χ0) is 14.3. The van der Waals surface area contributed by atoms with Crippen LogP contribution in [0, 0.1) is 18.8 Å². The number of allylic oxidation sites excluding steroid dienone is 2. The Hall–Kier alpha value is -1.55. The molecule has 2 heterocycles. The Morgan fingerprint density at radius 2 is 2.30 bits per heavy atom. The first-order chi connectivity index (χ1) is 9.58. The second-order valence-corrected chi connectivity index (χ2v) is 6.01. The minimum absolute atomic E-state index is 0.260. The predicted octanol–water partition coefficient (Wildman–Crippen LogP) is 2.53. The van der Waals surface area contributed by atoms with Crippen LogP contribution < -0.4 is 16.1 Å². The third-order valence-electron chi connectivity index (χ3n) is 4.59. The Labute approximate surface area is 118 Å². The van der Waals surface area contributed by atoms with Crippen LogP contribution in [0.3, 0.4) is 0 Å². The average Bonchev–Trinajstić information content (AvgIpc) is 2.44. The summed E-state index contributed by atoms with van der Waals surface area (Å²) >= 11 is 0. The Bertz CT molecular complexity index is 615. The number of rotatable bonds is 2. The van der Waals surface area contributed by atoms with Crippen LogP contribution in [0.2, 0.25) is 0 Å². The molecule has 0 fully saturated rings. The third kappa shape index (κ3) is 2.29. The molecule has 20 heavy (non-hydrogen) atoms. The maximum Gasteiger partial charge on any atom is 0.343 e. The number of hydrogen-bond acceptors (Lipinski definition) is 4. The van der Waals surface area contributed by atoms with E-state index in [-0.39, 0.29) is 5.63 Å². The molecule has 1 aromatic rings. The third-order valence-corrected chi connectivity index (χ3v) is 4.59. The monoisotopic (exact) mass is 275 g/mol. The standard InChI is InChI=1S/C16H21NO3/c1-9(8-17)11-3-4-12-6-13-15(20-14(12)7-11)5-10(2)19-16(13)18/h5,9,11H,3-4,6-8,17H2,1-2H3/t9?,11-/m0/s1. The molecule has 4 heteroatoms. The van der Waals surface area contributed by atoms with Gasteiger partial charge in [-0.05, 0) is 43.7 Å². The normalized spacial score (nSPS) is 22.9. The van der Waals surface area contributed by atoms with Crippen molar-refractivity contribution in [1.82, 2.24) is 0 Å². The summed E-state index contributed by atoms with van der Waals surface area (Å²) in [5.74, 6) is 3.43. The summed E-state index contributed by atoms with van der Waals surface area (Å²) < 4.78 is 11.2. The van der Waals surface area contributed by atoms with Gasteiger partial charge in [0, 0.05) is 18.9 Å². The van der Waals surface area contributed by atoms with Gasteiger partial charge in [-0.15, -0.1) is 0 Å². The van der Waals surface area contributed by atoms with Gasteiger partial charge in [-0.25, -0.2) is 4.79 Å². The fourth-order valence-corrected chi connectivity index (χ4v) is 3.17. The van der Waals surface area contributed by atoms with Gasteiger partial charge in [0.05, 0.1) is 5.56 Å². The summed E-state index contributed by atoms with van der Waals surface area (Å²) in [5.41, 5.74) is 7.44. The lowest BCUT2D eigenvalue weighted by atomic mass is 9.78. The lowest BCUT2D eigenvalue weighted by molar-refractivity contribution is 0.256. The molecule has 1 aliphatic heterocycles. The van der Waals surface area contributed by atoms with Gasteiger partial charge in [-0.2, -0.15) is 0 Å². The van der Waals surface area contributed by atoms with E-state index in [0.717, 1.165) is 25.0 Å². The van der Waals surface area contributed by atoms with Crippen molar-refractivity contribution in [2.45, 2.75) is 39.5 Å². The highest BCUT2D eigenvalue weighted by molar-refractivity contribution is 5.41. The van der Waals surface area contributed by atoms with E-state index in [1.807, 2.05) is 6.07 Å². The van der Waals surface area contributed by atoms with Crippen LogP contribution in [0.4, 0.5) is 0 Å². The predicted molar refractivity (Wildman–Crippen MR) is 76.6 cm³/mol. The number of nitrogens with two attached hydrogens (primary N) is 1. The van der Waals surface area contributed by atoms with Crippen LogP contribution in [0.1, 0.15) is 37.5 Å². The molecule has 0 aromatic carbocycles. The SMILES string of the molecule is Cc1cc2c(c(=O)o1)CC1=C(C[C@@H](C(C)CN)CC1)O2. The highest BCUT2D eigenvalue weighted by Crippen LogP contribution is 2.40. The fourth-order valence-electron chi connectivity index (χ4n) is 3.17. The molecule has 1 unspecified atom stereocenters. The molecule has 0 bridgehead atoms. The summed E-state index contributed by atoms with van der Waals surface area (Å²) in [6.07, 6.45) is 3.74. The van der Waals surface area contributed by atoms with E-state index in [1.165, 1.54) is 5.57 Å². The number of aryl methyl sites for hydroxylation is 1. The van der Waals surface area contributed by atoms with Gasteiger partial charge in [0.1, 0.15) is 17.3 Å². The van der Waals surface area contributed by atoms with Gasteiger partial charge in [-0.1, -0.05) is 6.92 Å². The molecule has 2 atom stereocenters. The molecular formula is C16H21NO3. The van der Waals surface area contributed by atoms with Crippen LogP contribution in [0.5, 0.6) is 5.75 Å². The van der Waals surface area contributed by atoms with Gasteiger partial charge in [0.15, 0.2) is 0 Å². The lowest BCUT2D eigenvalue weighted by Crippen LogP contribution is -2.28. The van der Waals surface area contributed by atoms with Crippen molar-refractivity contribution in [1.29, 1.82) is 0 Å². The highest BCUT2D eigenvalue weighted by Gasteiger charge is 2.30. The summed E-state index contributed by atoms with van der Waals surface area (Å²) in [6, 6.07) is 1.82. The fraction of sp³-hybridized carbons (Fsp3) is 0.562. The van der Waals surface area contributed by atoms with Gasteiger partial charge < -0.3 is 14.9 Å². The van der Waals surface area contributed by atoms with Gasteiger partial charge >= 0.3 is 5.63 Å². The molecule has 0 saturated heterocycles. The molecule has 1 aromatic heterocycles. The summed E-state index contributed by atoms with van der Waals surface area (Å²) in [4.78, 5) is 11.9. The molecular weight excluding hydrogens is 254 g/mol. The topological polar surface area (TPSA) is 65.5 Å². The van der Waals surface area contributed by atoms with E-state index in [2.05, 4.69) is 6.92 Å². The molecule has 0 spiro atoms. The Kier molecular flexibility index (Phi) is 3.42. The van der Waals surface area contributed by atoms with E-state index >= 15 is 0 Å². The van der Waals surface area contributed by atoms with Crippen LogP contribution >= 0.6 is 0 Å². The molecule has 0 amide bonds. The smallest absolute Gasteiger partial charge is 0.343 e. The van der Waals surface area contributed by atoms with E-state index in [1.54, 1.807) is 6.92 Å². The van der Waals surface area contributed by atoms with E-state index in [0.29, 0.717) is 41.9 Å². The van der Waals surface area contributed by atoms with Gasteiger partial charge in [-0.3, -0.25) is 0 Å². The van der Waals surface area contributed by atoms with Crippen molar-refractivity contribution in [2.24, 2.45) is 17.6 Å². The molecule has 0 saturated carbocycles.